The molecule has 1 aromatic heterocycles. The summed E-state index contributed by atoms with van der Waals surface area (Å²) in [5, 5.41) is 9.69. The summed E-state index contributed by atoms with van der Waals surface area (Å²) in [5.41, 5.74) is 1.22. The van der Waals surface area contributed by atoms with Crippen molar-refractivity contribution in [3.05, 3.63) is 48.4 Å². The lowest BCUT2D eigenvalue weighted by Gasteiger charge is -2.30. The van der Waals surface area contributed by atoms with Crippen LogP contribution in [0.4, 0.5) is 10.5 Å². The predicted octanol–water partition coefficient (Wildman–Crippen LogP) is 2.85. The summed E-state index contributed by atoms with van der Waals surface area (Å²) >= 11 is 0. The van der Waals surface area contributed by atoms with Gasteiger partial charge in [0.05, 0.1) is 23.6 Å². The first-order valence-corrected chi connectivity index (χ1v) is 9.16. The molecule has 0 spiro atoms. The van der Waals surface area contributed by atoms with Gasteiger partial charge in [-0.2, -0.15) is 0 Å². The number of benzene rings is 1. The van der Waals surface area contributed by atoms with Gasteiger partial charge in [-0.25, -0.2) is 14.8 Å². The number of amides is 2. The largest absolute Gasteiger partial charge is 0.338 e. The summed E-state index contributed by atoms with van der Waals surface area (Å²) in [6.07, 6.45) is 5.94. The van der Waals surface area contributed by atoms with Gasteiger partial charge in [0.25, 0.3) is 0 Å². The summed E-state index contributed by atoms with van der Waals surface area (Å²) in [4.78, 5) is 29.9. The van der Waals surface area contributed by atoms with Gasteiger partial charge < -0.3 is 10.6 Å². The first kappa shape index (κ1) is 17.8. The van der Waals surface area contributed by atoms with E-state index in [1.165, 1.54) is 0 Å². The molecule has 3 N–H and O–H groups in total. The molecule has 0 saturated heterocycles. The van der Waals surface area contributed by atoms with Crippen molar-refractivity contribution >= 4 is 40.5 Å². The van der Waals surface area contributed by atoms with Crippen LogP contribution < -0.4 is 16.0 Å². The molecule has 0 fully saturated rings. The Balaban J connectivity index is 1.55. The van der Waals surface area contributed by atoms with E-state index < -0.39 is 5.54 Å². The molecule has 2 aliphatic heterocycles. The minimum absolute atomic E-state index is 0.287. The van der Waals surface area contributed by atoms with Crippen LogP contribution in [0.1, 0.15) is 20.3 Å². The SMILES string of the molecule is CCNC(=O)NC1=CCC2(C)N=CC(Nc3cnc4ccccc4c3)=NC2=N1. The van der Waals surface area contributed by atoms with Crippen molar-refractivity contribution in [2.45, 2.75) is 25.8 Å². The number of carbonyl (C=O) groups excluding carboxylic acids is 1. The van der Waals surface area contributed by atoms with Crippen molar-refractivity contribution in [2.75, 3.05) is 11.9 Å². The quantitative estimate of drug-likeness (QED) is 0.768. The highest BCUT2D eigenvalue weighted by Crippen LogP contribution is 2.27. The zero-order valence-corrected chi connectivity index (χ0v) is 15.7. The van der Waals surface area contributed by atoms with Gasteiger partial charge in [-0.15, -0.1) is 0 Å². The number of anilines is 1. The van der Waals surface area contributed by atoms with E-state index in [4.69, 9.17) is 0 Å². The van der Waals surface area contributed by atoms with E-state index in [0.717, 1.165) is 16.6 Å². The Morgan fingerprint density at radius 1 is 1.25 bits per heavy atom. The van der Waals surface area contributed by atoms with Crippen molar-refractivity contribution in [3.8, 4) is 0 Å². The lowest BCUT2D eigenvalue weighted by atomic mass is 9.94. The van der Waals surface area contributed by atoms with Gasteiger partial charge in [0.2, 0.25) is 0 Å². The molecule has 2 aliphatic rings. The van der Waals surface area contributed by atoms with E-state index in [-0.39, 0.29) is 6.03 Å². The molecule has 2 aromatic rings. The zero-order chi connectivity index (χ0) is 19.6. The highest BCUT2D eigenvalue weighted by molar-refractivity contribution is 6.39. The van der Waals surface area contributed by atoms with E-state index in [0.29, 0.717) is 30.5 Å². The zero-order valence-electron chi connectivity index (χ0n) is 15.7. The second-order valence-corrected chi connectivity index (χ2v) is 6.78. The Bertz CT molecular complexity index is 1050. The molecule has 0 radical (unpaired) electrons. The highest BCUT2D eigenvalue weighted by Gasteiger charge is 2.34. The third-order valence-electron chi connectivity index (χ3n) is 4.54. The standard InChI is InChI=1S/C20H21N7O/c1-3-21-19(28)27-16-8-9-20(2)18(25-16)26-17(12-23-20)24-14-10-13-6-4-5-7-15(13)22-11-14/h4-8,10-12H,3,9H2,1-2H3,(H2,21,27,28)(H,24,25,26). The molecule has 1 aromatic carbocycles. The lowest BCUT2D eigenvalue weighted by molar-refractivity contribution is 0.243. The number of nitrogens with one attached hydrogen (secondary N) is 3. The lowest BCUT2D eigenvalue weighted by Crippen LogP contribution is -2.42. The van der Waals surface area contributed by atoms with Gasteiger partial charge >= 0.3 is 6.03 Å². The molecule has 8 nitrogen and oxygen atoms in total. The van der Waals surface area contributed by atoms with Crippen LogP contribution in [0.2, 0.25) is 0 Å². The van der Waals surface area contributed by atoms with E-state index in [2.05, 4.69) is 35.9 Å². The summed E-state index contributed by atoms with van der Waals surface area (Å²) < 4.78 is 0. The molecule has 0 bridgehead atoms. The molecule has 8 heteroatoms. The van der Waals surface area contributed by atoms with Crippen LogP contribution >= 0.6 is 0 Å². The first-order valence-electron chi connectivity index (χ1n) is 9.16. The summed E-state index contributed by atoms with van der Waals surface area (Å²) in [7, 11) is 0. The van der Waals surface area contributed by atoms with E-state index in [1.807, 2.05) is 50.3 Å². The summed E-state index contributed by atoms with van der Waals surface area (Å²) in [6.45, 7) is 4.38. The minimum Gasteiger partial charge on any atom is -0.338 e. The van der Waals surface area contributed by atoms with Crippen molar-refractivity contribution in [1.82, 2.24) is 15.6 Å². The second-order valence-electron chi connectivity index (χ2n) is 6.78. The van der Waals surface area contributed by atoms with Gasteiger partial charge in [0, 0.05) is 18.4 Å². The van der Waals surface area contributed by atoms with Crippen LogP contribution in [0.25, 0.3) is 10.9 Å². The Kier molecular flexibility index (Phi) is 4.60. The van der Waals surface area contributed by atoms with Crippen LogP contribution in [0, 0.1) is 0 Å². The van der Waals surface area contributed by atoms with E-state index in [9.17, 15) is 4.79 Å². The molecule has 1 unspecified atom stereocenters. The number of para-hydroxylation sites is 1. The number of fused-ring (bicyclic) bond motifs is 2. The van der Waals surface area contributed by atoms with Gasteiger partial charge in [-0.1, -0.05) is 18.2 Å². The van der Waals surface area contributed by atoms with Gasteiger partial charge in [0.15, 0.2) is 11.7 Å². The number of aromatic nitrogens is 1. The topological polar surface area (TPSA) is 103 Å². The fraction of sp³-hybridized carbons (Fsp3) is 0.250. The van der Waals surface area contributed by atoms with E-state index >= 15 is 0 Å². The maximum absolute atomic E-state index is 11.7. The monoisotopic (exact) mass is 375 g/mol. The molecule has 142 valence electrons. The van der Waals surface area contributed by atoms with Gasteiger partial charge in [0.1, 0.15) is 11.4 Å². The maximum atomic E-state index is 11.7. The number of hydrogen-bond acceptors (Lipinski definition) is 6. The van der Waals surface area contributed by atoms with E-state index in [1.54, 1.807) is 12.4 Å². The number of rotatable bonds is 3. The number of urea groups is 1. The number of amidine groups is 2. The molecular weight excluding hydrogens is 354 g/mol. The van der Waals surface area contributed by atoms with Crippen molar-refractivity contribution in [1.29, 1.82) is 0 Å². The summed E-state index contributed by atoms with van der Waals surface area (Å²) in [5.74, 6) is 1.61. The van der Waals surface area contributed by atoms with Crippen LogP contribution in [0.15, 0.2) is 63.4 Å². The molecule has 2 amide bonds. The van der Waals surface area contributed by atoms with Crippen molar-refractivity contribution in [2.24, 2.45) is 15.0 Å². The Labute approximate surface area is 162 Å². The molecular formula is C20H21N7O. The molecule has 28 heavy (non-hydrogen) atoms. The van der Waals surface area contributed by atoms with Gasteiger partial charge in [-0.05, 0) is 32.1 Å². The third kappa shape index (κ3) is 3.62. The van der Waals surface area contributed by atoms with Crippen LogP contribution in [-0.2, 0) is 0 Å². The Morgan fingerprint density at radius 2 is 2.11 bits per heavy atom. The summed E-state index contributed by atoms with van der Waals surface area (Å²) in [6, 6.07) is 9.64. The highest BCUT2D eigenvalue weighted by atomic mass is 16.2. The smallest absolute Gasteiger partial charge is 0.320 e. The minimum atomic E-state index is -0.529. The fourth-order valence-corrected chi connectivity index (χ4v) is 3.02. The van der Waals surface area contributed by atoms with Crippen LogP contribution in [0.3, 0.4) is 0 Å². The predicted molar refractivity (Wildman–Crippen MR) is 112 cm³/mol. The molecule has 4 rings (SSSR count). The molecule has 0 aliphatic carbocycles. The maximum Gasteiger partial charge on any atom is 0.320 e. The average Bonchev–Trinajstić information content (AvgIpc) is 2.69. The van der Waals surface area contributed by atoms with Crippen LogP contribution in [0.5, 0.6) is 0 Å². The fourth-order valence-electron chi connectivity index (χ4n) is 3.02. The normalized spacial score (nSPS) is 20.6. The second kappa shape index (κ2) is 7.22. The number of hydrogen-bond donors (Lipinski definition) is 3. The third-order valence-corrected chi connectivity index (χ3v) is 4.54. The number of nitrogens with zero attached hydrogens (tertiary/aromatic N) is 4. The van der Waals surface area contributed by atoms with Crippen molar-refractivity contribution in [3.63, 3.8) is 0 Å². The average molecular weight is 375 g/mol. The van der Waals surface area contributed by atoms with Crippen molar-refractivity contribution < 1.29 is 4.79 Å². The number of carbonyl (C=O) groups is 1. The first-order chi connectivity index (χ1) is 13.6. The van der Waals surface area contributed by atoms with Gasteiger partial charge in [-0.3, -0.25) is 15.3 Å². The number of pyridine rings is 1. The molecule has 1 atom stereocenters. The van der Waals surface area contributed by atoms with Crippen LogP contribution in [-0.4, -0.2) is 41.0 Å². The molecule has 3 heterocycles. The Morgan fingerprint density at radius 3 is 2.96 bits per heavy atom. The number of aliphatic imine (C=N–C) groups is 3. The Hall–Kier alpha value is -3.55. The molecule has 0 saturated carbocycles.